The predicted molar refractivity (Wildman–Crippen MR) is 91.9 cm³/mol. The van der Waals surface area contributed by atoms with Gasteiger partial charge in [-0.1, -0.05) is 12.1 Å². The van der Waals surface area contributed by atoms with E-state index in [1.54, 1.807) is 18.2 Å². The minimum absolute atomic E-state index is 0.0882. The first-order valence-corrected chi connectivity index (χ1v) is 8.44. The van der Waals surface area contributed by atoms with Gasteiger partial charge in [0.05, 0.1) is 26.3 Å². The number of hydrogen-bond acceptors (Lipinski definition) is 6. The molecule has 1 aromatic carbocycles. The topological polar surface area (TPSA) is 68.7 Å². The summed E-state index contributed by atoms with van der Waals surface area (Å²) in [7, 11) is 2.83. The Kier molecular flexibility index (Phi) is 7.03. The maximum Gasteiger partial charge on any atom is 0.307 e. The Morgan fingerprint density at radius 2 is 2.00 bits per heavy atom. The number of amides is 1. The lowest BCUT2D eigenvalue weighted by Crippen LogP contribution is -2.35. The zero-order valence-electron chi connectivity index (χ0n) is 14.0. The van der Waals surface area contributed by atoms with Crippen LogP contribution in [0.15, 0.2) is 30.5 Å². The van der Waals surface area contributed by atoms with Gasteiger partial charge >= 0.3 is 5.97 Å². The minimum Gasteiger partial charge on any atom is -0.469 e. The van der Waals surface area contributed by atoms with E-state index in [4.69, 9.17) is 4.74 Å². The molecule has 0 radical (unpaired) electrons. The van der Waals surface area contributed by atoms with Crippen molar-refractivity contribution in [2.75, 3.05) is 33.9 Å². The zero-order valence-corrected chi connectivity index (χ0v) is 14.8. The van der Waals surface area contributed by atoms with Gasteiger partial charge in [0.1, 0.15) is 15.7 Å². The normalized spacial score (nSPS) is 10.5. The fourth-order valence-electron chi connectivity index (χ4n) is 2.13. The van der Waals surface area contributed by atoms with Crippen LogP contribution in [0.5, 0.6) is 0 Å². The van der Waals surface area contributed by atoms with Crippen LogP contribution in [0.3, 0.4) is 0 Å². The Hall–Kier alpha value is -2.32. The molecule has 0 saturated carbocycles. The summed E-state index contributed by atoms with van der Waals surface area (Å²) in [4.78, 5) is 30.0. The highest BCUT2D eigenvalue weighted by molar-refractivity contribution is 7.16. The molecule has 2 rings (SSSR count). The molecule has 0 aliphatic heterocycles. The van der Waals surface area contributed by atoms with Gasteiger partial charge in [0, 0.05) is 25.8 Å². The lowest BCUT2D eigenvalue weighted by atomic mass is 10.2. The number of hydrogen-bond donors (Lipinski definition) is 0. The van der Waals surface area contributed by atoms with Gasteiger partial charge in [0.15, 0.2) is 0 Å². The number of aromatic nitrogens is 1. The van der Waals surface area contributed by atoms with Crippen LogP contribution in [0.2, 0.25) is 0 Å². The van der Waals surface area contributed by atoms with E-state index in [9.17, 15) is 14.0 Å². The maximum absolute atomic E-state index is 13.9. The van der Waals surface area contributed by atoms with Gasteiger partial charge < -0.3 is 14.4 Å². The summed E-state index contributed by atoms with van der Waals surface area (Å²) in [5.74, 6) is -1.06. The molecule has 6 nitrogen and oxygen atoms in total. The molecule has 1 heterocycles. The van der Waals surface area contributed by atoms with E-state index in [1.165, 1.54) is 31.4 Å². The van der Waals surface area contributed by atoms with Crippen molar-refractivity contribution in [1.29, 1.82) is 0 Å². The van der Waals surface area contributed by atoms with Gasteiger partial charge in [-0.25, -0.2) is 9.37 Å². The van der Waals surface area contributed by atoms with E-state index < -0.39 is 11.8 Å². The molecule has 0 aliphatic rings. The smallest absolute Gasteiger partial charge is 0.307 e. The number of thiazole rings is 1. The number of esters is 1. The van der Waals surface area contributed by atoms with Crippen molar-refractivity contribution in [3.05, 3.63) is 41.2 Å². The van der Waals surface area contributed by atoms with Gasteiger partial charge in [-0.2, -0.15) is 0 Å². The number of ether oxygens (including phenoxy) is 2. The summed E-state index contributed by atoms with van der Waals surface area (Å²) in [6, 6.07) is 6.27. The first kappa shape index (κ1) is 19.0. The Labute approximate surface area is 149 Å². The van der Waals surface area contributed by atoms with E-state index in [0.29, 0.717) is 28.6 Å². The van der Waals surface area contributed by atoms with E-state index >= 15 is 0 Å². The molecule has 2 aromatic rings. The first-order chi connectivity index (χ1) is 12.1. The molecule has 0 atom stereocenters. The largest absolute Gasteiger partial charge is 0.469 e. The molecule has 134 valence electrons. The second-order valence-electron chi connectivity index (χ2n) is 5.12. The highest BCUT2D eigenvalue weighted by atomic mass is 32.1. The van der Waals surface area contributed by atoms with Crippen molar-refractivity contribution >= 4 is 23.2 Å². The third-order valence-electron chi connectivity index (χ3n) is 3.49. The van der Waals surface area contributed by atoms with Crippen molar-refractivity contribution in [2.45, 2.75) is 6.42 Å². The van der Waals surface area contributed by atoms with Crippen LogP contribution >= 0.6 is 11.3 Å². The summed E-state index contributed by atoms with van der Waals surface area (Å²) < 4.78 is 23.5. The molecule has 0 aliphatic carbocycles. The predicted octanol–water partition coefficient (Wildman–Crippen LogP) is 2.60. The standard InChI is InChI=1S/C17H19FN2O4S/c1-23-10-9-20(8-7-15(21)24-2)17(22)14-11-19-16(25-14)12-5-3-4-6-13(12)18/h3-6,11H,7-10H2,1-2H3. The van der Waals surface area contributed by atoms with Crippen LogP contribution in [-0.4, -0.2) is 55.7 Å². The lowest BCUT2D eigenvalue weighted by molar-refractivity contribution is -0.140. The summed E-state index contributed by atoms with van der Waals surface area (Å²) >= 11 is 1.11. The fraction of sp³-hybridized carbons (Fsp3) is 0.353. The highest BCUT2D eigenvalue weighted by Gasteiger charge is 2.20. The van der Waals surface area contributed by atoms with Gasteiger partial charge in [-0.15, -0.1) is 11.3 Å². The van der Waals surface area contributed by atoms with E-state index in [1.807, 2.05) is 0 Å². The van der Waals surface area contributed by atoms with Crippen molar-refractivity contribution in [3.8, 4) is 10.6 Å². The fourth-order valence-corrected chi connectivity index (χ4v) is 3.04. The van der Waals surface area contributed by atoms with Crippen LogP contribution in [0.1, 0.15) is 16.1 Å². The third kappa shape index (κ3) is 5.07. The molecule has 8 heteroatoms. The van der Waals surface area contributed by atoms with E-state index in [-0.39, 0.29) is 18.9 Å². The summed E-state index contributed by atoms with van der Waals surface area (Å²) in [6.07, 6.45) is 1.51. The van der Waals surface area contributed by atoms with Crippen LogP contribution in [-0.2, 0) is 14.3 Å². The summed E-state index contributed by atoms with van der Waals surface area (Å²) in [5, 5.41) is 0.432. The van der Waals surface area contributed by atoms with Gasteiger partial charge in [-0.05, 0) is 12.1 Å². The quantitative estimate of drug-likeness (QED) is 0.672. The van der Waals surface area contributed by atoms with Crippen LogP contribution in [0.4, 0.5) is 4.39 Å². The second kappa shape index (κ2) is 9.24. The average Bonchev–Trinajstić information content (AvgIpc) is 3.11. The molecule has 0 saturated heterocycles. The molecule has 0 fully saturated rings. The zero-order chi connectivity index (χ0) is 18.2. The van der Waals surface area contributed by atoms with E-state index in [2.05, 4.69) is 9.72 Å². The molecule has 25 heavy (non-hydrogen) atoms. The van der Waals surface area contributed by atoms with Crippen molar-refractivity contribution in [1.82, 2.24) is 9.88 Å². The second-order valence-corrected chi connectivity index (χ2v) is 6.15. The third-order valence-corrected chi connectivity index (χ3v) is 4.51. The van der Waals surface area contributed by atoms with Crippen LogP contribution in [0.25, 0.3) is 10.6 Å². The molecule has 1 amide bonds. The summed E-state index contributed by atoms with van der Waals surface area (Å²) in [6.45, 7) is 0.882. The summed E-state index contributed by atoms with van der Waals surface area (Å²) in [5.41, 5.74) is 0.351. The monoisotopic (exact) mass is 366 g/mol. The molecule has 0 bridgehead atoms. The Morgan fingerprint density at radius 3 is 2.68 bits per heavy atom. The molecule has 0 unspecified atom stereocenters. The van der Waals surface area contributed by atoms with E-state index in [0.717, 1.165) is 11.3 Å². The lowest BCUT2D eigenvalue weighted by Gasteiger charge is -2.20. The SMILES string of the molecule is COCCN(CCC(=O)OC)C(=O)c1cnc(-c2ccccc2F)s1. The van der Waals surface area contributed by atoms with Gasteiger partial charge in [0.2, 0.25) is 0 Å². The maximum atomic E-state index is 13.9. The Balaban J connectivity index is 2.15. The number of carbonyl (C=O) groups is 2. The average molecular weight is 366 g/mol. The van der Waals surface area contributed by atoms with Gasteiger partial charge in [0.25, 0.3) is 5.91 Å². The van der Waals surface area contributed by atoms with Crippen LogP contribution < -0.4 is 0 Å². The number of carbonyl (C=O) groups excluding carboxylic acids is 2. The van der Waals surface area contributed by atoms with Crippen molar-refractivity contribution in [3.63, 3.8) is 0 Å². The van der Waals surface area contributed by atoms with Crippen LogP contribution in [0, 0.1) is 5.82 Å². The van der Waals surface area contributed by atoms with Crippen molar-refractivity contribution < 1.29 is 23.5 Å². The molecule has 0 N–H and O–H groups in total. The molecule has 0 spiro atoms. The Morgan fingerprint density at radius 1 is 1.24 bits per heavy atom. The first-order valence-electron chi connectivity index (χ1n) is 7.62. The molecular weight excluding hydrogens is 347 g/mol. The number of nitrogens with zero attached hydrogens (tertiary/aromatic N) is 2. The number of rotatable bonds is 8. The highest BCUT2D eigenvalue weighted by Crippen LogP contribution is 2.28. The number of halogens is 1. The minimum atomic E-state index is -0.397. The van der Waals surface area contributed by atoms with Gasteiger partial charge in [-0.3, -0.25) is 9.59 Å². The van der Waals surface area contributed by atoms with Crippen molar-refractivity contribution in [2.24, 2.45) is 0 Å². The number of methoxy groups -OCH3 is 2. The Bertz CT molecular complexity index is 735. The molecular formula is C17H19FN2O4S. The molecule has 1 aromatic heterocycles. The number of benzene rings is 1.